The molecule has 5 rings (SSSR count). The number of carbonyl (C=O) groups excluding carboxylic acids is 1. The van der Waals surface area contributed by atoms with Crippen molar-refractivity contribution in [2.75, 3.05) is 5.32 Å². The maximum atomic E-state index is 13.4. The van der Waals surface area contributed by atoms with E-state index in [4.69, 9.17) is 0 Å². The van der Waals surface area contributed by atoms with E-state index in [0.717, 1.165) is 29.0 Å². The Morgan fingerprint density at radius 3 is 2.27 bits per heavy atom. The van der Waals surface area contributed by atoms with Crippen molar-refractivity contribution in [1.82, 2.24) is 20.4 Å². The number of rotatable bonds is 5. The zero-order chi connectivity index (χ0) is 22.6. The number of aromatic amines is 1. The molecule has 0 saturated heterocycles. The molecule has 7 nitrogen and oxygen atoms in total. The average Bonchev–Trinajstić information content (AvgIpc) is 3.34. The summed E-state index contributed by atoms with van der Waals surface area (Å²) in [6, 6.07) is 18.9. The zero-order valence-electron chi connectivity index (χ0n) is 18.0. The van der Waals surface area contributed by atoms with E-state index in [9.17, 15) is 9.59 Å². The van der Waals surface area contributed by atoms with Crippen molar-refractivity contribution in [3.63, 3.8) is 0 Å². The van der Waals surface area contributed by atoms with Crippen LogP contribution in [0.2, 0.25) is 0 Å². The Labute approximate surface area is 194 Å². The van der Waals surface area contributed by atoms with Gasteiger partial charge in [-0.15, -0.1) is 10.2 Å². The summed E-state index contributed by atoms with van der Waals surface area (Å²) >= 11 is 1.39. The second-order valence-corrected chi connectivity index (χ2v) is 9.13. The minimum Gasteiger partial charge on any atom is -0.296 e. The van der Waals surface area contributed by atoms with Crippen molar-refractivity contribution in [2.24, 2.45) is 0 Å². The van der Waals surface area contributed by atoms with Gasteiger partial charge in [0.05, 0.1) is 5.69 Å². The van der Waals surface area contributed by atoms with E-state index in [2.05, 4.69) is 25.7 Å². The molecule has 0 atom stereocenters. The Morgan fingerprint density at radius 1 is 0.909 bits per heavy atom. The highest BCUT2D eigenvalue weighted by Crippen LogP contribution is 2.36. The summed E-state index contributed by atoms with van der Waals surface area (Å²) < 4.78 is 0. The molecule has 0 unspecified atom stereocenters. The summed E-state index contributed by atoms with van der Waals surface area (Å²) in [5, 5.41) is 19.4. The van der Waals surface area contributed by atoms with Crippen molar-refractivity contribution in [2.45, 2.75) is 38.0 Å². The van der Waals surface area contributed by atoms with Gasteiger partial charge in [0.25, 0.3) is 11.5 Å². The monoisotopic (exact) mass is 457 g/mol. The maximum absolute atomic E-state index is 13.4. The first-order chi connectivity index (χ1) is 16.2. The lowest BCUT2D eigenvalue weighted by Gasteiger charge is -2.18. The maximum Gasteiger partial charge on any atom is 0.277 e. The number of amides is 1. The molecule has 33 heavy (non-hydrogen) atoms. The van der Waals surface area contributed by atoms with Crippen LogP contribution in [0.3, 0.4) is 0 Å². The zero-order valence-corrected chi connectivity index (χ0v) is 18.8. The van der Waals surface area contributed by atoms with Crippen LogP contribution in [0.15, 0.2) is 65.5 Å². The van der Waals surface area contributed by atoms with E-state index < -0.39 is 11.5 Å². The van der Waals surface area contributed by atoms with Crippen LogP contribution >= 0.6 is 11.3 Å². The summed E-state index contributed by atoms with van der Waals surface area (Å²) in [5.74, 6) is -0.128. The Kier molecular flexibility index (Phi) is 6.08. The van der Waals surface area contributed by atoms with E-state index in [-0.39, 0.29) is 5.56 Å². The third-order valence-corrected chi connectivity index (χ3v) is 6.94. The topological polar surface area (TPSA) is 101 Å². The van der Waals surface area contributed by atoms with Crippen molar-refractivity contribution >= 4 is 22.4 Å². The van der Waals surface area contributed by atoms with Crippen LogP contribution in [-0.2, 0) is 0 Å². The molecule has 1 aliphatic carbocycles. The molecule has 2 aromatic carbocycles. The minimum atomic E-state index is -0.553. The number of nitrogens with zero attached hydrogens (tertiary/aromatic N) is 3. The van der Waals surface area contributed by atoms with Crippen molar-refractivity contribution in [3.8, 4) is 22.4 Å². The minimum absolute atomic E-state index is 0.00414. The van der Waals surface area contributed by atoms with Crippen LogP contribution in [0.25, 0.3) is 22.4 Å². The first-order valence-corrected chi connectivity index (χ1v) is 11.9. The summed E-state index contributed by atoms with van der Waals surface area (Å²) in [6.45, 7) is 0. The number of hydrogen-bond donors (Lipinski definition) is 2. The van der Waals surface area contributed by atoms with Gasteiger partial charge in [0, 0.05) is 17.0 Å². The van der Waals surface area contributed by atoms with Crippen molar-refractivity contribution in [1.29, 1.82) is 0 Å². The molecule has 0 spiro atoms. The molecule has 1 fully saturated rings. The number of aromatic nitrogens is 4. The van der Waals surface area contributed by atoms with E-state index >= 15 is 0 Å². The molecule has 2 N–H and O–H groups in total. The van der Waals surface area contributed by atoms with Gasteiger partial charge in [0.1, 0.15) is 10.6 Å². The summed E-state index contributed by atoms with van der Waals surface area (Å²) in [6.07, 6.45) is 5.86. The van der Waals surface area contributed by atoms with Crippen LogP contribution in [0.5, 0.6) is 0 Å². The van der Waals surface area contributed by atoms with Crippen molar-refractivity contribution in [3.05, 3.63) is 81.6 Å². The van der Waals surface area contributed by atoms with Crippen LogP contribution < -0.4 is 10.9 Å². The van der Waals surface area contributed by atoms with Crippen LogP contribution in [-0.4, -0.2) is 26.3 Å². The molecule has 0 bridgehead atoms. The van der Waals surface area contributed by atoms with E-state index in [1.165, 1.54) is 30.6 Å². The van der Waals surface area contributed by atoms with Gasteiger partial charge in [-0.1, -0.05) is 91.3 Å². The molecule has 1 aliphatic rings. The Balaban J connectivity index is 1.54. The normalized spacial score (nSPS) is 14.2. The highest BCUT2D eigenvalue weighted by Gasteiger charge is 2.25. The summed E-state index contributed by atoms with van der Waals surface area (Å²) in [5.41, 5.74) is 2.01. The van der Waals surface area contributed by atoms with E-state index in [1.807, 2.05) is 60.7 Å². The molecular formula is C25H23N5O2S. The molecule has 2 heterocycles. The van der Waals surface area contributed by atoms with Crippen molar-refractivity contribution < 1.29 is 4.79 Å². The number of anilines is 1. The third-order valence-electron chi connectivity index (χ3n) is 5.94. The standard InChI is InChI=1S/C25H23N5O2S/c31-22(26-25-30-29-24(33-25)18-14-8-3-9-15-18)20-19(16-10-4-1-5-11-16)21(27-28-23(20)32)17-12-6-2-7-13-17/h1-2,4-7,10-13,18H,3,8-9,14-15H2,(H,28,32)(H,26,30,31). The summed E-state index contributed by atoms with van der Waals surface area (Å²) in [7, 11) is 0. The quantitative estimate of drug-likeness (QED) is 0.426. The predicted octanol–water partition coefficient (Wildman–Crippen LogP) is 5.26. The Bertz CT molecular complexity index is 1310. The molecule has 1 saturated carbocycles. The van der Waals surface area contributed by atoms with Gasteiger partial charge < -0.3 is 0 Å². The van der Waals surface area contributed by atoms with Gasteiger partial charge >= 0.3 is 0 Å². The average molecular weight is 458 g/mol. The van der Waals surface area contributed by atoms with E-state index in [1.54, 1.807) is 0 Å². The van der Waals surface area contributed by atoms with Crippen LogP contribution in [0.4, 0.5) is 5.13 Å². The van der Waals surface area contributed by atoms with Crippen LogP contribution in [0, 0.1) is 0 Å². The molecule has 0 aliphatic heterocycles. The fourth-order valence-corrected chi connectivity index (χ4v) is 5.22. The Hall–Kier alpha value is -3.65. The van der Waals surface area contributed by atoms with Gasteiger partial charge in [0.15, 0.2) is 0 Å². The third kappa shape index (κ3) is 4.47. The highest BCUT2D eigenvalue weighted by atomic mass is 32.1. The SMILES string of the molecule is O=C(Nc1nnc(C2CCCCC2)s1)c1c(-c2ccccc2)c(-c2ccccc2)n[nH]c1=O. The van der Waals surface area contributed by atoms with E-state index in [0.29, 0.717) is 22.3 Å². The number of benzene rings is 2. The second kappa shape index (κ2) is 9.46. The molecule has 1 amide bonds. The van der Waals surface area contributed by atoms with Gasteiger partial charge in [-0.3, -0.25) is 14.9 Å². The number of carbonyl (C=O) groups is 1. The molecule has 0 radical (unpaired) electrons. The predicted molar refractivity (Wildman–Crippen MR) is 129 cm³/mol. The Morgan fingerprint density at radius 2 is 1.58 bits per heavy atom. The lowest BCUT2D eigenvalue weighted by atomic mass is 9.90. The lowest BCUT2D eigenvalue weighted by molar-refractivity contribution is 0.102. The molecule has 166 valence electrons. The van der Waals surface area contributed by atoms with Crippen LogP contribution in [0.1, 0.15) is 53.4 Å². The smallest absolute Gasteiger partial charge is 0.277 e. The fraction of sp³-hybridized carbons (Fsp3) is 0.240. The number of hydrogen-bond acceptors (Lipinski definition) is 6. The fourth-order valence-electron chi connectivity index (χ4n) is 4.32. The second-order valence-electron chi connectivity index (χ2n) is 8.12. The lowest BCUT2D eigenvalue weighted by Crippen LogP contribution is -2.26. The van der Waals surface area contributed by atoms with Gasteiger partial charge in [0.2, 0.25) is 5.13 Å². The van der Waals surface area contributed by atoms with Gasteiger partial charge in [-0.25, -0.2) is 5.10 Å². The first-order valence-electron chi connectivity index (χ1n) is 11.1. The molecule has 8 heteroatoms. The molecule has 4 aromatic rings. The first kappa shape index (κ1) is 21.2. The summed E-state index contributed by atoms with van der Waals surface area (Å²) in [4.78, 5) is 26.2. The molecular weight excluding hydrogens is 434 g/mol. The number of nitrogens with one attached hydrogen (secondary N) is 2. The van der Waals surface area contributed by atoms with Gasteiger partial charge in [-0.05, 0) is 18.4 Å². The highest BCUT2D eigenvalue weighted by molar-refractivity contribution is 7.15. The largest absolute Gasteiger partial charge is 0.296 e. The number of H-pyrrole nitrogens is 1. The molecule has 2 aromatic heterocycles. The van der Waals surface area contributed by atoms with Gasteiger partial charge in [-0.2, -0.15) is 5.10 Å².